The minimum atomic E-state index is -2.79. The SMILES string of the molecule is Cc1ncsc1C(C)NC1CCS(=O)(=O)C1. The van der Waals surface area contributed by atoms with Crippen LogP contribution in [0.5, 0.6) is 0 Å². The van der Waals surface area contributed by atoms with Crippen molar-refractivity contribution in [3.8, 4) is 0 Å². The van der Waals surface area contributed by atoms with Gasteiger partial charge in [-0.3, -0.25) is 0 Å². The van der Waals surface area contributed by atoms with Crippen LogP contribution in [0.25, 0.3) is 0 Å². The van der Waals surface area contributed by atoms with Gasteiger partial charge in [0.1, 0.15) is 0 Å². The minimum absolute atomic E-state index is 0.0986. The van der Waals surface area contributed by atoms with Gasteiger partial charge in [-0.25, -0.2) is 13.4 Å². The number of aryl methyl sites for hydroxylation is 1. The first kappa shape index (κ1) is 12.0. The topological polar surface area (TPSA) is 59.1 Å². The van der Waals surface area contributed by atoms with Gasteiger partial charge in [-0.2, -0.15) is 0 Å². The number of hydrogen-bond donors (Lipinski definition) is 1. The zero-order valence-electron chi connectivity index (χ0n) is 9.43. The van der Waals surface area contributed by atoms with Crippen molar-refractivity contribution >= 4 is 21.2 Å². The second-order valence-electron chi connectivity index (χ2n) is 4.29. The van der Waals surface area contributed by atoms with Gasteiger partial charge < -0.3 is 5.32 Å². The Morgan fingerprint density at radius 3 is 2.88 bits per heavy atom. The van der Waals surface area contributed by atoms with E-state index in [0.29, 0.717) is 5.75 Å². The molecule has 0 aliphatic carbocycles. The van der Waals surface area contributed by atoms with Gasteiger partial charge in [-0.15, -0.1) is 11.3 Å². The Kier molecular flexibility index (Phi) is 3.32. The normalized spacial score (nSPS) is 25.8. The minimum Gasteiger partial charge on any atom is -0.306 e. The molecule has 90 valence electrons. The van der Waals surface area contributed by atoms with Crippen LogP contribution in [0, 0.1) is 6.92 Å². The lowest BCUT2D eigenvalue weighted by molar-refractivity contribution is 0.488. The second-order valence-corrected chi connectivity index (χ2v) is 7.41. The van der Waals surface area contributed by atoms with E-state index in [1.165, 1.54) is 4.88 Å². The summed E-state index contributed by atoms with van der Waals surface area (Å²) in [4.78, 5) is 5.40. The number of sulfone groups is 1. The number of rotatable bonds is 3. The summed E-state index contributed by atoms with van der Waals surface area (Å²) in [5.74, 6) is 0.592. The highest BCUT2D eigenvalue weighted by Gasteiger charge is 2.29. The van der Waals surface area contributed by atoms with Gasteiger partial charge in [0.05, 0.1) is 22.7 Å². The van der Waals surface area contributed by atoms with E-state index in [0.717, 1.165) is 12.1 Å². The van der Waals surface area contributed by atoms with Crippen molar-refractivity contribution < 1.29 is 8.42 Å². The Hall–Kier alpha value is -0.460. The quantitative estimate of drug-likeness (QED) is 0.889. The summed E-state index contributed by atoms with van der Waals surface area (Å²) in [7, 11) is -2.79. The molecule has 1 aliphatic heterocycles. The number of nitrogens with zero attached hydrogens (tertiary/aromatic N) is 1. The van der Waals surface area contributed by atoms with Crippen LogP contribution >= 0.6 is 11.3 Å². The Balaban J connectivity index is 1.99. The highest BCUT2D eigenvalue weighted by Crippen LogP contribution is 2.23. The van der Waals surface area contributed by atoms with E-state index in [1.807, 2.05) is 12.4 Å². The molecule has 1 fully saturated rings. The maximum absolute atomic E-state index is 11.3. The molecule has 2 rings (SSSR count). The predicted octanol–water partition coefficient (Wildman–Crippen LogP) is 1.29. The van der Waals surface area contributed by atoms with E-state index < -0.39 is 9.84 Å². The van der Waals surface area contributed by atoms with Crippen LogP contribution < -0.4 is 5.32 Å². The van der Waals surface area contributed by atoms with Crippen LogP contribution in [0.3, 0.4) is 0 Å². The smallest absolute Gasteiger partial charge is 0.151 e. The first-order valence-corrected chi connectivity index (χ1v) is 8.04. The molecule has 0 amide bonds. The van der Waals surface area contributed by atoms with Crippen LogP contribution in [0.2, 0.25) is 0 Å². The van der Waals surface area contributed by atoms with Gasteiger partial charge in [0.15, 0.2) is 9.84 Å². The van der Waals surface area contributed by atoms with Crippen LogP contribution in [-0.4, -0.2) is 30.9 Å². The molecule has 1 saturated heterocycles. The van der Waals surface area contributed by atoms with Gasteiger partial charge in [0.25, 0.3) is 0 Å². The third-order valence-corrected chi connectivity index (χ3v) is 5.78. The molecule has 1 aromatic heterocycles. The third kappa shape index (κ3) is 2.61. The first-order chi connectivity index (χ1) is 7.48. The van der Waals surface area contributed by atoms with Crippen LogP contribution in [-0.2, 0) is 9.84 Å². The Bertz CT molecular complexity index is 467. The van der Waals surface area contributed by atoms with E-state index in [2.05, 4.69) is 17.2 Å². The summed E-state index contributed by atoms with van der Waals surface area (Å²) in [6.07, 6.45) is 0.727. The summed E-state index contributed by atoms with van der Waals surface area (Å²) in [6.45, 7) is 4.04. The second kappa shape index (κ2) is 4.43. The van der Waals surface area contributed by atoms with Gasteiger partial charge in [-0.05, 0) is 20.3 Å². The van der Waals surface area contributed by atoms with Crippen molar-refractivity contribution in [2.75, 3.05) is 11.5 Å². The fraction of sp³-hybridized carbons (Fsp3) is 0.700. The van der Waals surface area contributed by atoms with E-state index in [4.69, 9.17) is 0 Å². The van der Waals surface area contributed by atoms with Crippen LogP contribution in [0.4, 0.5) is 0 Å². The molecule has 0 saturated carbocycles. The van der Waals surface area contributed by atoms with E-state index >= 15 is 0 Å². The summed E-state index contributed by atoms with van der Waals surface area (Å²) < 4.78 is 22.7. The molecule has 0 spiro atoms. The molecule has 0 bridgehead atoms. The fourth-order valence-electron chi connectivity index (χ4n) is 2.08. The summed E-state index contributed by atoms with van der Waals surface area (Å²) in [6, 6.07) is 0.285. The van der Waals surface area contributed by atoms with Crippen molar-refractivity contribution in [2.24, 2.45) is 0 Å². The number of aromatic nitrogens is 1. The van der Waals surface area contributed by atoms with Crippen molar-refractivity contribution in [1.82, 2.24) is 10.3 Å². The zero-order chi connectivity index (χ0) is 11.8. The van der Waals surface area contributed by atoms with Crippen LogP contribution in [0.1, 0.15) is 30.0 Å². The lowest BCUT2D eigenvalue weighted by atomic mass is 10.2. The molecule has 6 heteroatoms. The number of thiazole rings is 1. The largest absolute Gasteiger partial charge is 0.306 e. The predicted molar refractivity (Wildman–Crippen MR) is 65.5 cm³/mol. The van der Waals surface area contributed by atoms with Gasteiger partial charge in [-0.1, -0.05) is 0 Å². The molecule has 1 N–H and O–H groups in total. The lowest BCUT2D eigenvalue weighted by Crippen LogP contribution is -2.32. The van der Waals surface area contributed by atoms with Gasteiger partial charge >= 0.3 is 0 Å². The number of hydrogen-bond acceptors (Lipinski definition) is 5. The molecule has 2 heterocycles. The Labute approximate surface area is 100 Å². The van der Waals surface area contributed by atoms with Crippen molar-refractivity contribution in [3.63, 3.8) is 0 Å². The monoisotopic (exact) mass is 260 g/mol. The van der Waals surface area contributed by atoms with Crippen molar-refractivity contribution in [2.45, 2.75) is 32.4 Å². The first-order valence-electron chi connectivity index (χ1n) is 5.34. The molecular formula is C10H16N2O2S2. The Morgan fingerprint density at radius 1 is 1.62 bits per heavy atom. The van der Waals surface area contributed by atoms with Crippen molar-refractivity contribution in [3.05, 3.63) is 16.1 Å². The molecule has 4 nitrogen and oxygen atoms in total. The summed E-state index contributed by atoms with van der Waals surface area (Å²) >= 11 is 1.62. The lowest BCUT2D eigenvalue weighted by Gasteiger charge is -2.17. The maximum atomic E-state index is 11.3. The molecule has 16 heavy (non-hydrogen) atoms. The van der Waals surface area contributed by atoms with E-state index in [1.54, 1.807) is 11.3 Å². The fourth-order valence-corrected chi connectivity index (χ4v) is 4.59. The molecule has 2 atom stereocenters. The van der Waals surface area contributed by atoms with Crippen LogP contribution in [0.15, 0.2) is 5.51 Å². The molecule has 1 aromatic rings. The highest BCUT2D eigenvalue weighted by atomic mass is 32.2. The number of nitrogens with one attached hydrogen (secondary N) is 1. The standard InChI is InChI=1S/C10H16N2O2S2/c1-7-10(15-6-11-7)8(2)12-9-3-4-16(13,14)5-9/h6,8-9,12H,3-5H2,1-2H3. The molecule has 1 aliphatic rings. The maximum Gasteiger partial charge on any atom is 0.151 e. The molecular weight excluding hydrogens is 244 g/mol. The van der Waals surface area contributed by atoms with Crippen molar-refractivity contribution in [1.29, 1.82) is 0 Å². The molecule has 2 unspecified atom stereocenters. The molecule has 0 aromatic carbocycles. The summed E-state index contributed by atoms with van der Waals surface area (Å²) in [5.41, 5.74) is 2.86. The summed E-state index contributed by atoms with van der Waals surface area (Å²) in [5, 5.41) is 3.37. The van der Waals surface area contributed by atoms with Gasteiger partial charge in [0.2, 0.25) is 0 Å². The van der Waals surface area contributed by atoms with E-state index in [9.17, 15) is 8.42 Å². The molecule has 0 radical (unpaired) electrons. The third-order valence-electron chi connectivity index (χ3n) is 2.89. The average molecular weight is 260 g/mol. The Morgan fingerprint density at radius 2 is 2.38 bits per heavy atom. The van der Waals surface area contributed by atoms with E-state index in [-0.39, 0.29) is 17.8 Å². The zero-order valence-corrected chi connectivity index (χ0v) is 11.1. The average Bonchev–Trinajstić information content (AvgIpc) is 2.72. The highest BCUT2D eigenvalue weighted by molar-refractivity contribution is 7.91. The van der Waals surface area contributed by atoms with Gasteiger partial charge in [0, 0.05) is 17.0 Å².